The zero-order valence-corrected chi connectivity index (χ0v) is 16.3. The van der Waals surface area contributed by atoms with Crippen LogP contribution in [0, 0.1) is 10.1 Å². The van der Waals surface area contributed by atoms with Crippen molar-refractivity contribution in [2.75, 3.05) is 27.2 Å². The third-order valence-corrected chi connectivity index (χ3v) is 5.02. The largest absolute Gasteiger partial charge is 0.453 e. The molecule has 2 aromatic heterocycles. The maximum Gasteiger partial charge on any atom is 0.286 e. The highest BCUT2D eigenvalue weighted by molar-refractivity contribution is 5.97. The van der Waals surface area contributed by atoms with Crippen LogP contribution in [0.25, 0.3) is 33.5 Å². The molecule has 0 amide bonds. The van der Waals surface area contributed by atoms with Crippen molar-refractivity contribution in [1.82, 2.24) is 14.5 Å². The van der Waals surface area contributed by atoms with Crippen molar-refractivity contribution < 1.29 is 9.34 Å². The first-order valence-electron chi connectivity index (χ1n) is 9.38. The first-order chi connectivity index (χ1) is 13.9. The Balaban J connectivity index is 1.99. The molecule has 0 spiro atoms. The summed E-state index contributed by atoms with van der Waals surface area (Å²) in [5, 5.41) is 13.1. The van der Waals surface area contributed by atoms with Crippen LogP contribution in [0.1, 0.15) is 6.42 Å². The zero-order chi connectivity index (χ0) is 20.6. The minimum Gasteiger partial charge on any atom is -0.453 e. The number of non-ortho nitro benzene ring substituents is 1. The van der Waals surface area contributed by atoms with Gasteiger partial charge in [-0.2, -0.15) is 4.98 Å². The van der Waals surface area contributed by atoms with E-state index in [-0.39, 0.29) is 10.6 Å². The number of nitro groups is 1. The number of para-hydroxylation sites is 1. The third-order valence-electron chi connectivity index (χ3n) is 5.02. The minimum atomic E-state index is -0.390. The molecule has 0 radical (unpaired) electrons. The summed E-state index contributed by atoms with van der Waals surface area (Å²) >= 11 is 0. The number of fused-ring (bicyclic) bond motifs is 2. The van der Waals surface area contributed by atoms with Crippen LogP contribution in [0.2, 0.25) is 0 Å². The molecule has 0 atom stereocenters. The molecule has 0 aliphatic carbocycles. The van der Waals surface area contributed by atoms with E-state index in [0.717, 1.165) is 17.4 Å². The fraction of sp³-hybridized carbons (Fsp3) is 0.238. The van der Waals surface area contributed by atoms with E-state index in [1.807, 2.05) is 44.4 Å². The van der Waals surface area contributed by atoms with Crippen molar-refractivity contribution in [3.63, 3.8) is 0 Å². The van der Waals surface area contributed by atoms with Crippen molar-refractivity contribution in [3.05, 3.63) is 58.6 Å². The number of nitrogens with zero attached hydrogens (tertiary/aromatic N) is 4. The second-order valence-electron chi connectivity index (χ2n) is 7.50. The van der Waals surface area contributed by atoms with Crippen molar-refractivity contribution >= 4 is 33.4 Å². The van der Waals surface area contributed by atoms with E-state index in [1.54, 1.807) is 12.1 Å². The fourth-order valence-corrected chi connectivity index (χ4v) is 3.53. The van der Waals surface area contributed by atoms with Gasteiger partial charge in [0.05, 0.1) is 31.1 Å². The van der Waals surface area contributed by atoms with Gasteiger partial charge in [-0.15, -0.1) is 0 Å². The Bertz CT molecular complexity index is 1180. The average Bonchev–Trinajstić information content (AvgIpc) is 3.15. The first kappa shape index (κ1) is 19.0. The molecule has 4 rings (SSSR count). The van der Waals surface area contributed by atoms with Gasteiger partial charge in [0.2, 0.25) is 11.6 Å². The van der Waals surface area contributed by atoms with Gasteiger partial charge in [0.1, 0.15) is 5.58 Å². The van der Waals surface area contributed by atoms with Crippen LogP contribution in [0.5, 0.6) is 0 Å². The summed E-state index contributed by atoms with van der Waals surface area (Å²) in [6, 6.07) is 14.4. The number of aromatic nitrogens is 2. The normalized spacial score (nSPS) is 12.0. The van der Waals surface area contributed by atoms with Gasteiger partial charge in [-0.05, 0) is 24.7 Å². The van der Waals surface area contributed by atoms with Gasteiger partial charge < -0.3 is 10.2 Å². The quantitative estimate of drug-likeness (QED) is 0.303. The Labute approximate surface area is 167 Å². The van der Waals surface area contributed by atoms with E-state index >= 15 is 0 Å². The number of furan rings is 1. The molecule has 4 aromatic rings. The first-order valence-corrected chi connectivity index (χ1v) is 9.38. The summed E-state index contributed by atoms with van der Waals surface area (Å²) in [5.74, 6) is 1.51. The summed E-state index contributed by atoms with van der Waals surface area (Å²) in [4.78, 5) is 20.6. The maximum atomic E-state index is 11.7. The van der Waals surface area contributed by atoms with E-state index in [1.165, 1.54) is 6.07 Å². The number of nitro benzene ring substituents is 1. The molecule has 2 heterocycles. The molecule has 0 saturated carbocycles. The molecule has 0 fully saturated rings. The van der Waals surface area contributed by atoms with E-state index < -0.39 is 0 Å². The Hall–Kier alpha value is -3.36. The molecule has 0 bridgehead atoms. The van der Waals surface area contributed by atoms with Gasteiger partial charge in [0.15, 0.2) is 11.1 Å². The SMILES string of the molecule is C[N+](C)(CCCN)c1nc(-c2cc3ccccc3o2)nc2cccc([N+](=O)[O-])c12. The van der Waals surface area contributed by atoms with Crippen LogP contribution in [0.4, 0.5) is 11.5 Å². The van der Waals surface area contributed by atoms with Crippen LogP contribution in [0.15, 0.2) is 52.9 Å². The second kappa shape index (κ2) is 7.23. The summed E-state index contributed by atoms with van der Waals surface area (Å²) in [5.41, 5.74) is 6.95. The Kier molecular flexibility index (Phi) is 4.73. The molecule has 0 aliphatic rings. The molecule has 148 valence electrons. The number of rotatable bonds is 6. The molecule has 0 unspecified atom stereocenters. The highest BCUT2D eigenvalue weighted by Gasteiger charge is 2.31. The van der Waals surface area contributed by atoms with Crippen molar-refractivity contribution in [3.8, 4) is 11.6 Å². The van der Waals surface area contributed by atoms with E-state index in [0.29, 0.717) is 45.9 Å². The van der Waals surface area contributed by atoms with Gasteiger partial charge in [0, 0.05) is 17.9 Å². The van der Waals surface area contributed by atoms with Crippen LogP contribution in [0.3, 0.4) is 0 Å². The Morgan fingerprint density at radius 3 is 2.66 bits per heavy atom. The van der Waals surface area contributed by atoms with Crippen LogP contribution < -0.4 is 10.2 Å². The predicted octanol–water partition coefficient (Wildman–Crippen LogP) is 3.87. The predicted molar refractivity (Wildman–Crippen MR) is 114 cm³/mol. The lowest BCUT2D eigenvalue weighted by Crippen LogP contribution is -2.43. The monoisotopic (exact) mass is 392 g/mol. The molecular formula is C21H22N5O3+. The molecule has 8 nitrogen and oxygen atoms in total. The second-order valence-corrected chi connectivity index (χ2v) is 7.50. The summed E-state index contributed by atoms with van der Waals surface area (Å²) < 4.78 is 6.29. The van der Waals surface area contributed by atoms with Crippen molar-refractivity contribution in [1.29, 1.82) is 0 Å². The number of hydrogen-bond donors (Lipinski definition) is 1. The third kappa shape index (κ3) is 3.43. The molecule has 0 saturated heterocycles. The lowest BCUT2D eigenvalue weighted by molar-refractivity contribution is -0.383. The minimum absolute atomic E-state index is 0.00685. The number of benzene rings is 2. The lowest BCUT2D eigenvalue weighted by atomic mass is 10.1. The fourth-order valence-electron chi connectivity index (χ4n) is 3.53. The number of hydrogen-bond acceptors (Lipinski definition) is 6. The zero-order valence-electron chi connectivity index (χ0n) is 16.3. The average molecular weight is 392 g/mol. The molecule has 0 aliphatic heterocycles. The van der Waals surface area contributed by atoms with Crippen LogP contribution >= 0.6 is 0 Å². The van der Waals surface area contributed by atoms with Gasteiger partial charge in [-0.3, -0.25) is 14.6 Å². The maximum absolute atomic E-state index is 11.7. The van der Waals surface area contributed by atoms with Gasteiger partial charge in [-0.25, -0.2) is 4.98 Å². The van der Waals surface area contributed by atoms with E-state index in [4.69, 9.17) is 15.1 Å². The highest BCUT2D eigenvalue weighted by atomic mass is 16.6. The molecule has 2 N–H and O–H groups in total. The van der Waals surface area contributed by atoms with Crippen molar-refractivity contribution in [2.45, 2.75) is 6.42 Å². The number of quaternary nitrogens is 1. The smallest absolute Gasteiger partial charge is 0.286 e. The van der Waals surface area contributed by atoms with E-state index in [2.05, 4.69) is 4.98 Å². The summed E-state index contributed by atoms with van der Waals surface area (Å²) in [7, 11) is 3.94. The molecule has 2 aromatic carbocycles. The van der Waals surface area contributed by atoms with Gasteiger partial charge in [0.25, 0.3) is 5.69 Å². The standard InChI is InChI=1S/C21H22N5O3/c1-26(2,12-6-11-22)21-19-15(8-5-9-16(19)25(27)28)23-20(24-21)18-13-14-7-3-4-10-17(14)29-18/h3-5,7-10,13H,6,11-12,22H2,1-2H3/q+1. The lowest BCUT2D eigenvalue weighted by Gasteiger charge is -2.28. The summed E-state index contributed by atoms with van der Waals surface area (Å²) in [6.45, 7) is 1.22. The van der Waals surface area contributed by atoms with Gasteiger partial charge in [-0.1, -0.05) is 24.3 Å². The molecule has 29 heavy (non-hydrogen) atoms. The molecular weight excluding hydrogens is 370 g/mol. The Morgan fingerprint density at radius 2 is 1.93 bits per heavy atom. The summed E-state index contributed by atoms with van der Waals surface area (Å²) in [6.07, 6.45) is 0.763. The highest BCUT2D eigenvalue weighted by Crippen LogP contribution is 2.37. The van der Waals surface area contributed by atoms with Crippen LogP contribution in [-0.4, -0.2) is 42.1 Å². The number of nitrogens with two attached hydrogens (primary N) is 1. The van der Waals surface area contributed by atoms with E-state index in [9.17, 15) is 10.1 Å². The Morgan fingerprint density at radius 1 is 1.14 bits per heavy atom. The van der Waals surface area contributed by atoms with Crippen molar-refractivity contribution in [2.24, 2.45) is 5.73 Å². The van der Waals surface area contributed by atoms with Crippen LogP contribution in [-0.2, 0) is 0 Å². The molecule has 8 heteroatoms. The van der Waals surface area contributed by atoms with Gasteiger partial charge >= 0.3 is 0 Å². The topological polar surface area (TPSA) is 108 Å².